The molecule has 0 aromatic heterocycles. The van der Waals surface area contributed by atoms with E-state index in [4.69, 9.17) is 9.47 Å². The minimum Gasteiger partial charge on any atom is -0.392 e. The average molecular weight is 310 g/mol. The molecule has 2 N–H and O–H groups in total. The molecule has 2 saturated carbocycles. The zero-order valence-electron chi connectivity index (χ0n) is 13.6. The zero-order chi connectivity index (χ0) is 15.6. The van der Waals surface area contributed by atoms with Crippen LogP contribution < -0.4 is 0 Å². The zero-order valence-corrected chi connectivity index (χ0v) is 13.6. The number of aliphatic hydroxyl groups excluding tert-OH is 2. The lowest BCUT2D eigenvalue weighted by molar-refractivity contribution is -0.157. The van der Waals surface area contributed by atoms with E-state index < -0.39 is 0 Å². The molecule has 0 bridgehead atoms. The van der Waals surface area contributed by atoms with E-state index in [0.29, 0.717) is 25.0 Å². The summed E-state index contributed by atoms with van der Waals surface area (Å²) in [5.41, 5.74) is 0. The second-order valence-electron chi connectivity index (χ2n) is 7.27. The van der Waals surface area contributed by atoms with Gasteiger partial charge in [0.25, 0.3) is 0 Å². The number of rotatable bonds is 6. The Bertz CT molecular complexity index is 389. The summed E-state index contributed by atoms with van der Waals surface area (Å²) in [6.07, 6.45) is 10.1. The molecule has 0 radical (unpaired) electrons. The van der Waals surface area contributed by atoms with Gasteiger partial charge in [0.2, 0.25) is 0 Å². The van der Waals surface area contributed by atoms with Crippen molar-refractivity contribution in [2.45, 2.75) is 69.9 Å². The van der Waals surface area contributed by atoms with Gasteiger partial charge in [-0.3, -0.25) is 0 Å². The molecule has 126 valence electrons. The number of unbranched alkanes of at least 4 members (excludes halogenated alkanes) is 2. The molecule has 1 unspecified atom stereocenters. The van der Waals surface area contributed by atoms with Crippen molar-refractivity contribution in [3.05, 3.63) is 12.2 Å². The van der Waals surface area contributed by atoms with Gasteiger partial charge in [-0.2, -0.15) is 0 Å². The number of hydrogen-bond donors (Lipinski definition) is 2. The van der Waals surface area contributed by atoms with Gasteiger partial charge >= 0.3 is 0 Å². The van der Waals surface area contributed by atoms with E-state index in [1.165, 1.54) is 12.8 Å². The Kier molecular flexibility index (Phi) is 5.23. The summed E-state index contributed by atoms with van der Waals surface area (Å²) in [6.45, 7) is 3.55. The van der Waals surface area contributed by atoms with E-state index in [2.05, 4.69) is 13.0 Å². The van der Waals surface area contributed by atoms with E-state index in [9.17, 15) is 10.2 Å². The summed E-state index contributed by atoms with van der Waals surface area (Å²) < 4.78 is 11.7. The highest BCUT2D eigenvalue weighted by atomic mass is 16.7. The van der Waals surface area contributed by atoms with Crippen LogP contribution in [0.25, 0.3) is 0 Å². The van der Waals surface area contributed by atoms with Crippen molar-refractivity contribution in [2.24, 2.45) is 17.8 Å². The Hall–Kier alpha value is -0.420. The Labute approximate surface area is 133 Å². The predicted octanol–water partition coefficient (Wildman–Crippen LogP) is 2.63. The maximum atomic E-state index is 10.3. The van der Waals surface area contributed by atoms with Crippen LogP contribution >= 0.6 is 0 Å². The van der Waals surface area contributed by atoms with Crippen LogP contribution in [0.5, 0.6) is 0 Å². The number of aliphatic hydroxyl groups is 2. The second kappa shape index (κ2) is 7.00. The SMILES string of the molecule is CCCCCC(O)C=C[C@@H]1[C@@H]2CC3(C[C@H]2C[C@H]1O)OCCO3. The first-order valence-electron chi connectivity index (χ1n) is 8.96. The molecule has 3 fully saturated rings. The first-order valence-corrected chi connectivity index (χ1v) is 8.96. The maximum Gasteiger partial charge on any atom is 0.169 e. The normalized spacial score (nSPS) is 38.1. The first kappa shape index (κ1) is 16.4. The van der Waals surface area contributed by atoms with Gasteiger partial charge < -0.3 is 19.7 Å². The van der Waals surface area contributed by atoms with E-state index in [1.54, 1.807) is 0 Å². The largest absolute Gasteiger partial charge is 0.392 e. The third-order valence-corrected chi connectivity index (χ3v) is 5.68. The van der Waals surface area contributed by atoms with Gasteiger partial charge in [-0.15, -0.1) is 0 Å². The highest BCUT2D eigenvalue weighted by Crippen LogP contribution is 2.54. The molecular formula is C18H30O4. The van der Waals surface area contributed by atoms with Gasteiger partial charge in [0.05, 0.1) is 25.4 Å². The predicted molar refractivity (Wildman–Crippen MR) is 84.3 cm³/mol. The fraction of sp³-hybridized carbons (Fsp3) is 0.889. The molecule has 3 rings (SSSR count). The molecule has 0 aromatic carbocycles. The van der Waals surface area contributed by atoms with E-state index >= 15 is 0 Å². The van der Waals surface area contributed by atoms with Crippen LogP contribution in [-0.4, -0.2) is 41.4 Å². The lowest BCUT2D eigenvalue weighted by Crippen LogP contribution is -2.29. The van der Waals surface area contributed by atoms with Gasteiger partial charge in [-0.25, -0.2) is 0 Å². The van der Waals surface area contributed by atoms with Crippen molar-refractivity contribution in [1.29, 1.82) is 0 Å². The van der Waals surface area contributed by atoms with Crippen LogP contribution in [0.15, 0.2) is 12.2 Å². The highest BCUT2D eigenvalue weighted by molar-refractivity contribution is 5.09. The Morgan fingerprint density at radius 2 is 2.00 bits per heavy atom. The van der Waals surface area contributed by atoms with Gasteiger partial charge in [-0.1, -0.05) is 38.3 Å². The lowest BCUT2D eigenvalue weighted by Gasteiger charge is -2.25. The van der Waals surface area contributed by atoms with Crippen LogP contribution in [-0.2, 0) is 9.47 Å². The van der Waals surface area contributed by atoms with Crippen molar-refractivity contribution in [1.82, 2.24) is 0 Å². The van der Waals surface area contributed by atoms with Gasteiger partial charge in [0.1, 0.15) is 0 Å². The first-order chi connectivity index (χ1) is 10.6. The van der Waals surface area contributed by atoms with Crippen LogP contribution in [0, 0.1) is 17.8 Å². The van der Waals surface area contributed by atoms with E-state index in [0.717, 1.165) is 32.1 Å². The minimum absolute atomic E-state index is 0.137. The van der Waals surface area contributed by atoms with Crippen molar-refractivity contribution < 1.29 is 19.7 Å². The fourth-order valence-electron chi connectivity index (χ4n) is 4.58. The second-order valence-corrected chi connectivity index (χ2v) is 7.27. The Morgan fingerprint density at radius 3 is 2.73 bits per heavy atom. The molecule has 4 nitrogen and oxygen atoms in total. The third-order valence-electron chi connectivity index (χ3n) is 5.68. The lowest BCUT2D eigenvalue weighted by atomic mass is 9.90. The van der Waals surface area contributed by atoms with Crippen LogP contribution in [0.3, 0.4) is 0 Å². The minimum atomic E-state index is -0.382. The van der Waals surface area contributed by atoms with Crippen LogP contribution in [0.2, 0.25) is 0 Å². The quantitative estimate of drug-likeness (QED) is 0.585. The Morgan fingerprint density at radius 1 is 1.23 bits per heavy atom. The Balaban J connectivity index is 1.56. The van der Waals surface area contributed by atoms with Gasteiger partial charge in [0.15, 0.2) is 5.79 Å². The number of ether oxygens (including phenoxy) is 2. The molecular weight excluding hydrogens is 280 g/mol. The molecule has 22 heavy (non-hydrogen) atoms. The van der Waals surface area contributed by atoms with Crippen molar-refractivity contribution in [2.75, 3.05) is 13.2 Å². The molecule has 1 spiro atoms. The van der Waals surface area contributed by atoms with Crippen molar-refractivity contribution >= 4 is 0 Å². The molecule has 3 aliphatic rings. The molecule has 1 saturated heterocycles. The standard InChI is InChI=1S/C18H30O4/c1-2-3-4-5-14(19)6-7-15-16-12-18(21-8-9-22-18)11-13(16)10-17(15)20/h6-7,13-17,19-20H,2-5,8-12H2,1H3/t13-,14?,15-,16-,17-/m1/s1. The maximum absolute atomic E-state index is 10.3. The van der Waals surface area contributed by atoms with Gasteiger partial charge in [-0.05, 0) is 24.7 Å². The van der Waals surface area contributed by atoms with Crippen LogP contribution in [0.4, 0.5) is 0 Å². The average Bonchev–Trinajstić information content (AvgIpc) is 3.14. The fourth-order valence-corrected chi connectivity index (χ4v) is 4.58. The summed E-state index contributed by atoms with van der Waals surface area (Å²) in [5.74, 6) is 0.673. The summed E-state index contributed by atoms with van der Waals surface area (Å²) >= 11 is 0. The number of fused-ring (bicyclic) bond motifs is 1. The van der Waals surface area contributed by atoms with Gasteiger partial charge in [0, 0.05) is 18.8 Å². The number of hydrogen-bond acceptors (Lipinski definition) is 4. The summed E-state index contributed by atoms with van der Waals surface area (Å²) in [4.78, 5) is 0. The van der Waals surface area contributed by atoms with Crippen molar-refractivity contribution in [3.8, 4) is 0 Å². The van der Waals surface area contributed by atoms with Crippen molar-refractivity contribution in [3.63, 3.8) is 0 Å². The molecule has 1 aliphatic heterocycles. The van der Waals surface area contributed by atoms with E-state index in [1.807, 2.05) is 6.08 Å². The summed E-state index contributed by atoms with van der Waals surface area (Å²) in [6, 6.07) is 0. The molecule has 2 aliphatic carbocycles. The molecule has 5 atom stereocenters. The highest BCUT2D eigenvalue weighted by Gasteiger charge is 2.55. The summed E-state index contributed by atoms with van der Waals surface area (Å²) in [5, 5.41) is 20.4. The van der Waals surface area contributed by atoms with Crippen LogP contribution in [0.1, 0.15) is 51.9 Å². The monoisotopic (exact) mass is 310 g/mol. The molecule has 0 aromatic rings. The third kappa shape index (κ3) is 3.40. The van der Waals surface area contributed by atoms with E-state index in [-0.39, 0.29) is 23.9 Å². The molecule has 4 heteroatoms. The summed E-state index contributed by atoms with van der Waals surface area (Å²) in [7, 11) is 0. The smallest absolute Gasteiger partial charge is 0.169 e. The molecule has 1 heterocycles. The molecule has 0 amide bonds. The topological polar surface area (TPSA) is 58.9 Å².